The van der Waals surface area contributed by atoms with Crippen LogP contribution < -0.4 is 19.7 Å². The van der Waals surface area contributed by atoms with Gasteiger partial charge in [-0.05, 0) is 18.6 Å². The summed E-state index contributed by atoms with van der Waals surface area (Å²) in [5.41, 5.74) is 3.53. The standard InChI is InChI=1S/C24H21Cl2N7O3/c1-32-11-13(9-28-32)16-10-27-15-5-6-19(31-24(15)30-16)33(12-14-4-7-20(34)29-14)23-21(25)17(35-2)8-18(36-3)22(23)26/h5-6,8-12H,4,7H2,1-3H3,(H,29,34)/b14-12+. The molecule has 0 aliphatic carbocycles. The van der Waals surface area contributed by atoms with E-state index in [-0.39, 0.29) is 16.0 Å². The van der Waals surface area contributed by atoms with Gasteiger partial charge in [0.05, 0.1) is 38.0 Å². The molecule has 184 valence electrons. The number of anilines is 2. The molecule has 0 radical (unpaired) electrons. The first-order valence-electron chi connectivity index (χ1n) is 10.9. The van der Waals surface area contributed by atoms with Crippen molar-refractivity contribution in [2.45, 2.75) is 12.8 Å². The van der Waals surface area contributed by atoms with Crippen molar-refractivity contribution in [1.82, 2.24) is 30.0 Å². The average Bonchev–Trinajstić information content (AvgIpc) is 3.50. The lowest BCUT2D eigenvalue weighted by atomic mass is 10.2. The van der Waals surface area contributed by atoms with E-state index >= 15 is 0 Å². The predicted molar refractivity (Wildman–Crippen MR) is 137 cm³/mol. The first-order valence-corrected chi connectivity index (χ1v) is 11.7. The molecule has 4 aromatic rings. The topological polar surface area (TPSA) is 107 Å². The summed E-state index contributed by atoms with van der Waals surface area (Å²) in [7, 11) is 4.84. The quantitative estimate of drug-likeness (QED) is 0.387. The summed E-state index contributed by atoms with van der Waals surface area (Å²) in [4.78, 5) is 27.5. The van der Waals surface area contributed by atoms with Gasteiger partial charge in [0.2, 0.25) is 5.91 Å². The number of ether oxygens (including phenoxy) is 2. The number of halogens is 2. The Hall–Kier alpha value is -3.89. The number of allylic oxidation sites excluding steroid dienone is 1. The van der Waals surface area contributed by atoms with Crippen molar-refractivity contribution in [3.8, 4) is 22.8 Å². The fourth-order valence-electron chi connectivity index (χ4n) is 3.85. The number of amides is 1. The number of rotatable bonds is 6. The lowest BCUT2D eigenvalue weighted by Gasteiger charge is -2.25. The van der Waals surface area contributed by atoms with Crippen LogP contribution in [-0.4, -0.2) is 44.9 Å². The largest absolute Gasteiger partial charge is 0.495 e. The van der Waals surface area contributed by atoms with Crippen LogP contribution in [0.15, 0.2) is 48.7 Å². The van der Waals surface area contributed by atoms with Crippen LogP contribution in [0.25, 0.3) is 22.4 Å². The Balaban J connectivity index is 1.70. The van der Waals surface area contributed by atoms with Crippen LogP contribution in [0.2, 0.25) is 10.0 Å². The van der Waals surface area contributed by atoms with Crippen LogP contribution in [0.4, 0.5) is 11.5 Å². The summed E-state index contributed by atoms with van der Waals surface area (Å²) < 4.78 is 12.6. The highest BCUT2D eigenvalue weighted by Gasteiger charge is 2.25. The Bertz CT molecular complexity index is 1490. The summed E-state index contributed by atoms with van der Waals surface area (Å²) in [6.07, 6.45) is 7.89. The number of methoxy groups -OCH3 is 2. The summed E-state index contributed by atoms with van der Waals surface area (Å²) in [5, 5.41) is 7.56. The number of nitrogens with one attached hydrogen (secondary N) is 1. The molecule has 0 saturated carbocycles. The van der Waals surface area contributed by atoms with Gasteiger partial charge in [0.1, 0.15) is 32.9 Å². The third-order valence-corrected chi connectivity index (χ3v) is 6.37. The minimum Gasteiger partial charge on any atom is -0.495 e. The number of nitrogens with zero attached hydrogens (tertiary/aromatic N) is 6. The number of pyridine rings is 1. The van der Waals surface area contributed by atoms with E-state index in [0.29, 0.717) is 58.4 Å². The third kappa shape index (κ3) is 4.40. The summed E-state index contributed by atoms with van der Waals surface area (Å²) >= 11 is 13.5. The third-order valence-electron chi connectivity index (χ3n) is 5.64. The number of carbonyl (C=O) groups excluding carboxylic acids is 1. The first-order chi connectivity index (χ1) is 17.4. The minimum absolute atomic E-state index is 0.0694. The number of aryl methyl sites for hydroxylation is 1. The van der Waals surface area contributed by atoms with Gasteiger partial charge >= 0.3 is 0 Å². The average molecular weight is 526 g/mol. The number of aromatic nitrogens is 5. The van der Waals surface area contributed by atoms with E-state index in [2.05, 4.69) is 15.4 Å². The van der Waals surface area contributed by atoms with E-state index in [1.165, 1.54) is 14.2 Å². The molecular formula is C24H21Cl2N7O3. The molecule has 4 heterocycles. The van der Waals surface area contributed by atoms with E-state index < -0.39 is 0 Å². The fourth-order valence-corrected chi connectivity index (χ4v) is 4.53. The molecule has 1 aliphatic rings. The van der Waals surface area contributed by atoms with Gasteiger partial charge in [-0.2, -0.15) is 5.10 Å². The number of hydrogen-bond donors (Lipinski definition) is 1. The highest BCUT2D eigenvalue weighted by Crippen LogP contribution is 2.48. The SMILES string of the molecule is COc1cc(OC)c(Cl)c(N(/C=C2\CCC(=O)N2)c2ccc3ncc(-c4cnn(C)c4)nc3n2)c1Cl. The normalized spacial score (nSPS) is 14.4. The molecule has 0 spiro atoms. The van der Waals surface area contributed by atoms with Crippen molar-refractivity contribution in [2.24, 2.45) is 7.05 Å². The molecule has 1 saturated heterocycles. The zero-order valence-electron chi connectivity index (χ0n) is 19.6. The van der Waals surface area contributed by atoms with Gasteiger partial charge in [-0.3, -0.25) is 19.4 Å². The number of fused-ring (bicyclic) bond motifs is 1. The van der Waals surface area contributed by atoms with Gasteiger partial charge < -0.3 is 14.8 Å². The second-order valence-electron chi connectivity index (χ2n) is 8.00. The fraction of sp³-hybridized carbons (Fsp3) is 0.208. The van der Waals surface area contributed by atoms with Gasteiger partial charge in [0.15, 0.2) is 5.65 Å². The molecule has 0 atom stereocenters. The van der Waals surface area contributed by atoms with E-state index in [1.807, 2.05) is 13.2 Å². The zero-order valence-corrected chi connectivity index (χ0v) is 21.1. The molecule has 10 nitrogen and oxygen atoms in total. The molecule has 1 N–H and O–H groups in total. The Morgan fingerprint density at radius 1 is 1.08 bits per heavy atom. The lowest BCUT2D eigenvalue weighted by molar-refractivity contribution is -0.118. The Morgan fingerprint density at radius 3 is 2.44 bits per heavy atom. The summed E-state index contributed by atoms with van der Waals surface area (Å²) in [6.45, 7) is 0. The summed E-state index contributed by atoms with van der Waals surface area (Å²) in [5.74, 6) is 1.12. The van der Waals surface area contributed by atoms with Crippen LogP contribution >= 0.6 is 23.2 Å². The van der Waals surface area contributed by atoms with E-state index in [0.717, 1.165) is 5.56 Å². The molecule has 3 aromatic heterocycles. The molecule has 0 unspecified atom stereocenters. The maximum Gasteiger partial charge on any atom is 0.224 e. The number of hydrogen-bond acceptors (Lipinski definition) is 8. The van der Waals surface area contributed by atoms with Crippen LogP contribution in [0.3, 0.4) is 0 Å². The summed E-state index contributed by atoms with van der Waals surface area (Å²) in [6, 6.07) is 5.18. The molecule has 1 amide bonds. The van der Waals surface area contributed by atoms with E-state index in [1.54, 1.807) is 46.4 Å². The van der Waals surface area contributed by atoms with Gasteiger partial charge in [-0.25, -0.2) is 9.97 Å². The van der Waals surface area contributed by atoms with Crippen LogP contribution in [0.1, 0.15) is 12.8 Å². The highest BCUT2D eigenvalue weighted by atomic mass is 35.5. The molecule has 0 bridgehead atoms. The Morgan fingerprint density at radius 2 is 1.83 bits per heavy atom. The molecule has 1 fully saturated rings. The first kappa shape index (κ1) is 23.8. The maximum atomic E-state index is 11.9. The van der Waals surface area contributed by atoms with Gasteiger partial charge in [0.25, 0.3) is 0 Å². The zero-order chi connectivity index (χ0) is 25.4. The van der Waals surface area contributed by atoms with Crippen LogP contribution in [-0.2, 0) is 11.8 Å². The van der Waals surface area contributed by atoms with Gasteiger partial charge in [-0.1, -0.05) is 23.2 Å². The van der Waals surface area contributed by atoms with Crippen LogP contribution in [0.5, 0.6) is 11.5 Å². The lowest BCUT2D eigenvalue weighted by Crippen LogP contribution is -2.18. The Kier molecular flexibility index (Phi) is 6.38. The van der Waals surface area contributed by atoms with Gasteiger partial charge in [-0.15, -0.1) is 0 Å². The molecule has 5 rings (SSSR count). The number of benzene rings is 1. The minimum atomic E-state index is -0.0694. The molecular weight excluding hydrogens is 505 g/mol. The van der Waals surface area contributed by atoms with Crippen molar-refractivity contribution in [2.75, 3.05) is 19.1 Å². The van der Waals surface area contributed by atoms with E-state index in [4.69, 9.17) is 42.6 Å². The van der Waals surface area contributed by atoms with Crippen LogP contribution in [0, 0.1) is 0 Å². The van der Waals surface area contributed by atoms with Gasteiger partial charge in [0, 0.05) is 43.2 Å². The molecule has 36 heavy (non-hydrogen) atoms. The van der Waals surface area contributed by atoms with Crippen molar-refractivity contribution in [3.05, 3.63) is 58.7 Å². The van der Waals surface area contributed by atoms with Crippen molar-refractivity contribution in [1.29, 1.82) is 0 Å². The predicted octanol–water partition coefficient (Wildman–Crippen LogP) is 4.64. The van der Waals surface area contributed by atoms with Crippen molar-refractivity contribution < 1.29 is 14.3 Å². The second-order valence-corrected chi connectivity index (χ2v) is 8.76. The molecule has 12 heteroatoms. The van der Waals surface area contributed by atoms with E-state index in [9.17, 15) is 4.79 Å². The van der Waals surface area contributed by atoms with Crippen molar-refractivity contribution >= 4 is 51.8 Å². The Labute approximate surface area is 216 Å². The monoisotopic (exact) mass is 525 g/mol. The smallest absolute Gasteiger partial charge is 0.224 e. The second kappa shape index (κ2) is 9.63. The molecule has 1 aliphatic heterocycles. The van der Waals surface area contributed by atoms with Crippen molar-refractivity contribution in [3.63, 3.8) is 0 Å². The number of carbonyl (C=O) groups is 1. The highest BCUT2D eigenvalue weighted by molar-refractivity contribution is 6.41. The molecule has 1 aromatic carbocycles. The maximum absolute atomic E-state index is 11.9.